The van der Waals surface area contributed by atoms with Crippen molar-refractivity contribution in [3.8, 4) is 5.75 Å². The Bertz CT molecular complexity index is 2030. The summed E-state index contributed by atoms with van der Waals surface area (Å²) in [6.45, 7) is 4.71. The van der Waals surface area contributed by atoms with Crippen LogP contribution in [-0.2, 0) is 18.7 Å². The molecule has 0 aromatic heterocycles. The van der Waals surface area contributed by atoms with Crippen molar-refractivity contribution in [3.05, 3.63) is 211 Å². The van der Waals surface area contributed by atoms with Gasteiger partial charge in [-0.05, 0) is 108 Å². The molecule has 1 unspecified atom stereocenters. The Morgan fingerprint density at radius 1 is 0.429 bits per heavy atom. The predicted molar refractivity (Wildman–Crippen MR) is 248 cm³/mol. The van der Waals surface area contributed by atoms with E-state index in [0.29, 0.717) is 5.92 Å². The Morgan fingerprint density at radius 2 is 0.768 bits per heavy atom. The van der Waals surface area contributed by atoms with Crippen LogP contribution in [0.15, 0.2) is 194 Å². The normalized spacial score (nSPS) is 12.3. The van der Waals surface area contributed by atoms with Crippen LogP contribution in [-0.4, -0.2) is 7.11 Å². The van der Waals surface area contributed by atoms with Crippen molar-refractivity contribution in [2.45, 2.75) is 58.3 Å². The first kappa shape index (κ1) is 39.4. The van der Waals surface area contributed by atoms with Crippen LogP contribution in [0.3, 0.4) is 0 Å². The van der Waals surface area contributed by atoms with E-state index >= 15 is 0 Å². The second kappa shape index (κ2) is 18.9. The minimum atomic E-state index is -2.17. The molecule has 3 heteroatoms. The highest BCUT2D eigenvalue weighted by molar-refractivity contribution is 7.95. The van der Waals surface area contributed by atoms with Crippen molar-refractivity contribution in [2.75, 3.05) is 7.11 Å². The second-order valence-corrected chi connectivity index (χ2v) is 22.0. The maximum Gasteiger partial charge on any atom is 0.126 e. The summed E-state index contributed by atoms with van der Waals surface area (Å²) in [4.78, 5) is 0. The summed E-state index contributed by atoms with van der Waals surface area (Å²) in [5, 5.41) is 8.40. The zero-order valence-electron chi connectivity index (χ0n) is 33.3. The largest absolute Gasteiger partial charge is 0.496 e. The quantitative estimate of drug-likeness (QED) is 0.0838. The van der Waals surface area contributed by atoms with Gasteiger partial charge in [0.05, 0.1) is 13.3 Å². The van der Waals surface area contributed by atoms with Crippen molar-refractivity contribution < 1.29 is 4.74 Å². The van der Waals surface area contributed by atoms with Crippen LogP contribution in [0, 0.1) is 5.92 Å². The second-order valence-electron chi connectivity index (χ2n) is 15.0. The molecule has 0 fully saturated rings. The lowest BCUT2D eigenvalue weighted by molar-refractivity contribution is 0.409. The molecule has 7 aromatic carbocycles. The molecular formula is C53H56OP2+2. The number of ether oxygens (including phenoxy) is 1. The van der Waals surface area contributed by atoms with Crippen LogP contribution in [0.4, 0.5) is 0 Å². The van der Waals surface area contributed by atoms with Gasteiger partial charge < -0.3 is 4.74 Å². The predicted octanol–water partition coefficient (Wildman–Crippen LogP) is 11.4. The molecule has 0 radical (unpaired) electrons. The third-order valence-corrected chi connectivity index (χ3v) is 20.4. The van der Waals surface area contributed by atoms with Gasteiger partial charge in [-0.25, -0.2) is 0 Å². The summed E-state index contributed by atoms with van der Waals surface area (Å²) in [7, 11) is -2.44. The van der Waals surface area contributed by atoms with Gasteiger partial charge in [-0.1, -0.05) is 149 Å². The Kier molecular flexibility index (Phi) is 13.3. The van der Waals surface area contributed by atoms with Crippen LogP contribution >= 0.6 is 14.5 Å². The molecule has 0 saturated heterocycles. The standard InChI is InChI=1S/C53H56OP2/c1-4-6-25-43(5-2)38-44-39-46(42-56(50-32-19-10-20-33-50,51-34-21-11-22-35-51)52-36-23-12-24-37-52)53(54-3)40-45(44)41-55(47-26-13-7-14-27-47,48-28-15-8-16-29-48)49-30-17-9-18-31-49/h7-24,26-37,39-40,43H,4-6,25,38,41-42H2,1-3H3/q+2. The average molecular weight is 771 g/mol. The summed E-state index contributed by atoms with van der Waals surface area (Å²) < 4.78 is 6.55. The molecule has 0 amide bonds. The molecule has 282 valence electrons. The fraction of sp³-hybridized carbons (Fsp3) is 0.208. The van der Waals surface area contributed by atoms with Gasteiger partial charge in [0.15, 0.2) is 0 Å². The smallest absolute Gasteiger partial charge is 0.126 e. The summed E-state index contributed by atoms with van der Waals surface area (Å²) in [6, 6.07) is 72.8. The van der Waals surface area contributed by atoms with Gasteiger partial charge in [-0.15, -0.1) is 0 Å². The van der Waals surface area contributed by atoms with Crippen molar-refractivity contribution in [1.82, 2.24) is 0 Å². The highest BCUT2D eigenvalue weighted by Gasteiger charge is 2.48. The lowest BCUT2D eigenvalue weighted by atomic mass is 9.89. The third kappa shape index (κ3) is 8.32. The number of benzene rings is 7. The Labute approximate surface area is 337 Å². The molecule has 0 saturated carbocycles. The number of methoxy groups -OCH3 is 1. The van der Waals surface area contributed by atoms with Crippen molar-refractivity contribution in [1.29, 1.82) is 0 Å². The molecule has 56 heavy (non-hydrogen) atoms. The van der Waals surface area contributed by atoms with Crippen LogP contribution in [0.1, 0.15) is 56.2 Å². The van der Waals surface area contributed by atoms with Gasteiger partial charge in [-0.3, -0.25) is 0 Å². The SMILES string of the molecule is CCCCC(CC)Cc1cc(C[P+](c2ccccc2)(c2ccccc2)c2ccccc2)c(OC)cc1C[P+](c1ccccc1)(c1ccccc1)c1ccccc1. The Hall–Kier alpha value is -4.80. The van der Waals surface area contributed by atoms with Crippen LogP contribution in [0.25, 0.3) is 0 Å². The molecule has 7 rings (SSSR count). The molecular weight excluding hydrogens is 715 g/mol. The minimum absolute atomic E-state index is 0.616. The number of rotatable bonds is 17. The van der Waals surface area contributed by atoms with Crippen molar-refractivity contribution >= 4 is 46.4 Å². The van der Waals surface area contributed by atoms with Gasteiger partial charge in [0, 0.05) is 5.56 Å². The van der Waals surface area contributed by atoms with E-state index in [2.05, 4.69) is 208 Å². The highest BCUT2D eigenvalue weighted by atomic mass is 31.2. The van der Waals surface area contributed by atoms with Gasteiger partial charge >= 0.3 is 0 Å². The fourth-order valence-electron chi connectivity index (χ4n) is 8.67. The monoisotopic (exact) mass is 770 g/mol. The molecule has 0 aliphatic rings. The average Bonchev–Trinajstić information content (AvgIpc) is 3.28. The van der Waals surface area contributed by atoms with Gasteiger partial charge in [0.25, 0.3) is 0 Å². The Balaban J connectivity index is 1.48. The molecule has 0 aliphatic heterocycles. The molecule has 0 bridgehead atoms. The first-order chi connectivity index (χ1) is 27.6. The highest BCUT2D eigenvalue weighted by Crippen LogP contribution is 2.61. The van der Waals surface area contributed by atoms with Crippen LogP contribution in [0.2, 0.25) is 0 Å². The maximum absolute atomic E-state index is 6.55. The number of hydrogen-bond donors (Lipinski definition) is 0. The molecule has 1 nitrogen and oxygen atoms in total. The third-order valence-electron chi connectivity index (χ3n) is 11.7. The van der Waals surface area contributed by atoms with Crippen molar-refractivity contribution in [3.63, 3.8) is 0 Å². The van der Waals surface area contributed by atoms with Gasteiger partial charge in [0.1, 0.15) is 58.3 Å². The van der Waals surface area contributed by atoms with E-state index in [4.69, 9.17) is 4.74 Å². The summed E-state index contributed by atoms with van der Waals surface area (Å²) in [5.74, 6) is 1.61. The van der Waals surface area contributed by atoms with E-state index in [1.165, 1.54) is 74.2 Å². The van der Waals surface area contributed by atoms with E-state index in [9.17, 15) is 0 Å². The summed E-state index contributed by atoms with van der Waals surface area (Å²) in [6.07, 6.45) is 7.78. The zero-order chi connectivity index (χ0) is 38.6. The van der Waals surface area contributed by atoms with E-state index < -0.39 is 14.5 Å². The maximum atomic E-state index is 6.55. The van der Waals surface area contributed by atoms with E-state index in [0.717, 1.165) is 24.5 Å². The molecule has 0 N–H and O–H groups in total. The van der Waals surface area contributed by atoms with E-state index in [-0.39, 0.29) is 0 Å². The van der Waals surface area contributed by atoms with Gasteiger partial charge in [0.2, 0.25) is 0 Å². The summed E-state index contributed by atoms with van der Waals surface area (Å²) in [5.41, 5.74) is 4.18. The first-order valence-electron chi connectivity index (χ1n) is 20.4. The number of unbranched alkanes of at least 4 members (excludes halogenated alkanes) is 1. The lowest BCUT2D eigenvalue weighted by Crippen LogP contribution is -2.33. The first-order valence-corrected chi connectivity index (χ1v) is 24.4. The molecule has 1 atom stereocenters. The minimum Gasteiger partial charge on any atom is -0.496 e. The molecule has 0 heterocycles. The zero-order valence-corrected chi connectivity index (χ0v) is 35.1. The van der Waals surface area contributed by atoms with E-state index in [1.807, 2.05) is 7.11 Å². The molecule has 7 aromatic rings. The number of hydrogen-bond acceptors (Lipinski definition) is 1. The van der Waals surface area contributed by atoms with E-state index in [1.54, 1.807) is 0 Å². The van der Waals surface area contributed by atoms with Crippen LogP contribution < -0.4 is 36.6 Å². The lowest BCUT2D eigenvalue weighted by Gasteiger charge is -2.31. The summed E-state index contributed by atoms with van der Waals surface area (Å²) >= 11 is 0. The van der Waals surface area contributed by atoms with Gasteiger partial charge in [-0.2, -0.15) is 0 Å². The Morgan fingerprint density at radius 3 is 1.07 bits per heavy atom. The topological polar surface area (TPSA) is 9.23 Å². The molecule has 0 aliphatic carbocycles. The molecule has 0 spiro atoms. The van der Waals surface area contributed by atoms with Crippen LogP contribution in [0.5, 0.6) is 5.75 Å². The fourth-order valence-corrected chi connectivity index (χ4v) is 17.2. The van der Waals surface area contributed by atoms with Crippen molar-refractivity contribution in [2.24, 2.45) is 5.92 Å².